The zero-order valence-electron chi connectivity index (χ0n) is 32.9. The minimum atomic E-state index is -1.26. The molecule has 7 aromatic carbocycles. The summed E-state index contributed by atoms with van der Waals surface area (Å²) in [7, 11) is 3.31. The molecule has 8 nitrogen and oxygen atoms in total. The number of anilines is 6. The number of benzene rings is 7. The Morgan fingerprint density at radius 2 is 1.09 bits per heavy atom. The number of hydrogen-bond acceptors (Lipinski definition) is 8. The molecule has 2 aliphatic heterocycles. The molecule has 2 aliphatic rings. The summed E-state index contributed by atoms with van der Waals surface area (Å²) < 4.78 is 24.6. The van der Waals surface area contributed by atoms with Crippen LogP contribution in [0.5, 0.6) is 23.0 Å². The van der Waals surface area contributed by atoms with Crippen LogP contribution in [0.4, 0.5) is 34.1 Å². The maximum absolute atomic E-state index is 13.8. The van der Waals surface area contributed by atoms with Crippen molar-refractivity contribution >= 4 is 40.1 Å². The van der Waals surface area contributed by atoms with Crippen molar-refractivity contribution < 1.29 is 28.8 Å². The van der Waals surface area contributed by atoms with E-state index in [0.717, 1.165) is 79.0 Å². The van der Waals surface area contributed by atoms with E-state index in [4.69, 9.17) is 18.9 Å². The summed E-state index contributed by atoms with van der Waals surface area (Å²) in [4.78, 5) is 18.1. The van der Waals surface area contributed by atoms with Crippen molar-refractivity contribution in [3.05, 3.63) is 190 Å². The molecule has 0 aliphatic carbocycles. The van der Waals surface area contributed by atoms with Crippen molar-refractivity contribution in [1.82, 2.24) is 0 Å². The lowest BCUT2D eigenvalue weighted by Gasteiger charge is -2.38. The first kappa shape index (κ1) is 36.6. The molecule has 9 rings (SSSR count). The number of rotatable bonds is 9. The summed E-state index contributed by atoms with van der Waals surface area (Å²) in [6, 6.07) is 48.0. The fourth-order valence-corrected chi connectivity index (χ4v) is 8.37. The smallest absolute Gasteiger partial charge is 0.340 e. The van der Waals surface area contributed by atoms with Crippen molar-refractivity contribution in [1.29, 1.82) is 0 Å². The molecule has 7 aromatic rings. The van der Waals surface area contributed by atoms with Crippen LogP contribution >= 0.6 is 0 Å². The Morgan fingerprint density at radius 1 is 0.569 bits per heavy atom. The second-order valence-corrected chi connectivity index (χ2v) is 14.7. The number of nitrogens with zero attached hydrogens (tertiary/aromatic N) is 2. The first-order valence-electron chi connectivity index (χ1n) is 19.2. The lowest BCUT2D eigenvalue weighted by Crippen LogP contribution is -2.33. The van der Waals surface area contributed by atoms with Gasteiger partial charge in [-0.25, -0.2) is 4.79 Å². The third-order valence-electron chi connectivity index (χ3n) is 11.1. The first-order chi connectivity index (χ1) is 28.2. The van der Waals surface area contributed by atoms with Gasteiger partial charge in [-0.3, -0.25) is 0 Å². The molecular weight excluding hydrogens is 725 g/mol. The van der Waals surface area contributed by atoms with E-state index < -0.39 is 11.6 Å². The van der Waals surface area contributed by atoms with Crippen molar-refractivity contribution in [2.24, 2.45) is 0 Å². The van der Waals surface area contributed by atoms with Crippen molar-refractivity contribution in [2.75, 3.05) is 24.0 Å². The van der Waals surface area contributed by atoms with Crippen LogP contribution in [0.2, 0.25) is 0 Å². The number of carbonyl (C=O) groups excluding carboxylic acids is 1. The van der Waals surface area contributed by atoms with Gasteiger partial charge in [-0.15, -0.1) is 0 Å². The summed E-state index contributed by atoms with van der Waals surface area (Å²) in [5, 5.41) is 9.93. The summed E-state index contributed by atoms with van der Waals surface area (Å²) in [6.07, 6.45) is 0. The molecule has 58 heavy (non-hydrogen) atoms. The minimum absolute atomic E-state index is 0.0562. The van der Waals surface area contributed by atoms with E-state index in [0.29, 0.717) is 17.1 Å². The zero-order valence-corrected chi connectivity index (χ0v) is 32.9. The largest absolute Gasteiger partial charge is 0.497 e. The molecule has 1 atom stereocenters. The average molecular weight is 767 g/mol. The normalized spacial score (nSPS) is 14.8. The van der Waals surface area contributed by atoms with Gasteiger partial charge in [0.15, 0.2) is 5.60 Å². The Labute approximate surface area is 338 Å². The molecule has 0 fully saturated rings. The van der Waals surface area contributed by atoms with Crippen LogP contribution in [0, 0.1) is 20.8 Å². The summed E-state index contributed by atoms with van der Waals surface area (Å²) >= 11 is 0. The van der Waals surface area contributed by atoms with Gasteiger partial charge in [-0.2, -0.15) is 0 Å². The Bertz CT molecular complexity index is 2710. The van der Waals surface area contributed by atoms with Crippen LogP contribution < -0.4 is 24.0 Å². The molecule has 0 amide bonds. The van der Waals surface area contributed by atoms with E-state index >= 15 is 0 Å². The lowest BCUT2D eigenvalue weighted by atomic mass is 9.77. The van der Waals surface area contributed by atoms with Gasteiger partial charge < -0.3 is 33.9 Å². The van der Waals surface area contributed by atoms with Gasteiger partial charge in [0.25, 0.3) is 0 Å². The third-order valence-corrected chi connectivity index (χ3v) is 11.1. The highest BCUT2D eigenvalue weighted by Gasteiger charge is 2.53. The topological polar surface area (TPSA) is 80.7 Å². The van der Waals surface area contributed by atoms with Crippen LogP contribution in [-0.4, -0.2) is 25.3 Å². The van der Waals surface area contributed by atoms with Crippen LogP contribution in [0.25, 0.3) is 0 Å². The Kier molecular flexibility index (Phi) is 9.14. The van der Waals surface area contributed by atoms with Gasteiger partial charge in [0.05, 0.1) is 26.4 Å². The molecule has 0 aromatic heterocycles. The highest BCUT2D eigenvalue weighted by molar-refractivity contribution is 5.97. The fraction of sp³-hybridized carbons (Fsp3) is 0.140. The second-order valence-electron chi connectivity index (χ2n) is 14.7. The average Bonchev–Trinajstić information content (AvgIpc) is 3.54. The van der Waals surface area contributed by atoms with Gasteiger partial charge in [0.1, 0.15) is 23.0 Å². The van der Waals surface area contributed by atoms with Crippen molar-refractivity contribution in [3.8, 4) is 23.0 Å². The number of aliphatic hydroxyl groups is 1. The maximum atomic E-state index is 13.8. The number of hydrogen-bond donors (Lipinski definition) is 1. The molecule has 0 bridgehead atoms. The number of esters is 1. The molecule has 1 spiro atoms. The highest BCUT2D eigenvalue weighted by Crippen LogP contribution is 2.58. The molecule has 8 heteroatoms. The number of aryl methyl sites for hydroxylation is 3. The summed E-state index contributed by atoms with van der Waals surface area (Å²) in [6.45, 7) is 6.18. The number of methoxy groups -OCH3 is 2. The molecule has 0 radical (unpaired) electrons. The van der Waals surface area contributed by atoms with E-state index in [1.54, 1.807) is 14.2 Å². The Balaban J connectivity index is 1.25. The molecule has 2 heterocycles. The van der Waals surface area contributed by atoms with Gasteiger partial charge in [0.2, 0.25) is 0 Å². The molecule has 1 unspecified atom stereocenters. The first-order valence-corrected chi connectivity index (χ1v) is 19.2. The van der Waals surface area contributed by atoms with E-state index in [1.807, 2.05) is 128 Å². The monoisotopic (exact) mass is 766 g/mol. The van der Waals surface area contributed by atoms with Crippen molar-refractivity contribution in [2.45, 2.75) is 33.0 Å². The standard InChI is InChI=1S/C50H42N2O6/c1-31-10-24-45(32(2)26-31)51(35-12-18-39(55-4)19-13-35)37-16-22-43-47(28-37)57-48-29-38(17-23-44(48)50(43)42-9-7-6-8-41(42)49(54)58-50)52(36-14-20-40(56-5)21-15-36)46-25-11-34(30-53)27-33(46)3/h6-29,53H,30H2,1-5H3. The summed E-state index contributed by atoms with van der Waals surface area (Å²) in [5.74, 6) is 2.23. The SMILES string of the molecule is COc1ccc(N(c2ccc3c(c2)Oc2cc(N(c4ccc(OC)cc4)c4ccc(CO)cc4C)ccc2C32OC(=O)c3ccccc32)c2ccc(C)cc2C)cc1. The van der Waals surface area contributed by atoms with Gasteiger partial charge in [-0.05, 0) is 128 Å². The van der Waals surface area contributed by atoms with E-state index in [1.165, 1.54) is 5.56 Å². The van der Waals surface area contributed by atoms with Crippen molar-refractivity contribution in [3.63, 3.8) is 0 Å². The van der Waals surface area contributed by atoms with Crippen LogP contribution in [0.1, 0.15) is 49.3 Å². The Morgan fingerprint density at radius 3 is 1.60 bits per heavy atom. The van der Waals surface area contributed by atoms with E-state index in [-0.39, 0.29) is 6.61 Å². The number of aliphatic hydroxyl groups excluding tert-OH is 1. The lowest BCUT2D eigenvalue weighted by molar-refractivity contribution is 0.0224. The fourth-order valence-electron chi connectivity index (χ4n) is 8.37. The van der Waals surface area contributed by atoms with Gasteiger partial charge in [0, 0.05) is 62.9 Å². The molecule has 288 valence electrons. The van der Waals surface area contributed by atoms with E-state index in [2.05, 4.69) is 47.9 Å². The third kappa shape index (κ3) is 6.01. The molecule has 1 N–H and O–H groups in total. The predicted octanol–water partition coefficient (Wildman–Crippen LogP) is 11.6. The number of carbonyl (C=O) groups is 1. The second kappa shape index (κ2) is 14.5. The maximum Gasteiger partial charge on any atom is 0.340 e. The number of ether oxygens (including phenoxy) is 4. The van der Waals surface area contributed by atoms with E-state index in [9.17, 15) is 9.90 Å². The molecule has 0 saturated carbocycles. The highest BCUT2D eigenvalue weighted by atomic mass is 16.6. The van der Waals surface area contributed by atoms with Crippen LogP contribution in [0.15, 0.2) is 146 Å². The van der Waals surface area contributed by atoms with Crippen LogP contribution in [0.3, 0.4) is 0 Å². The molecular formula is C50H42N2O6. The van der Waals surface area contributed by atoms with Crippen LogP contribution in [-0.2, 0) is 16.9 Å². The van der Waals surface area contributed by atoms with Gasteiger partial charge >= 0.3 is 5.97 Å². The number of fused-ring (bicyclic) bond motifs is 6. The van der Waals surface area contributed by atoms with Gasteiger partial charge in [-0.1, -0.05) is 48.0 Å². The quantitative estimate of drug-likeness (QED) is 0.146. The Hall–Kier alpha value is -7.03. The predicted molar refractivity (Wildman–Crippen MR) is 227 cm³/mol. The minimum Gasteiger partial charge on any atom is -0.497 e. The molecule has 0 saturated heterocycles. The summed E-state index contributed by atoms with van der Waals surface area (Å²) in [5.41, 5.74) is 11.0. The zero-order chi connectivity index (χ0) is 40.1.